The first kappa shape index (κ1) is 16.0. The number of carbonyl (C=O) groups is 2. The molecule has 0 fully saturated rings. The number of fused-ring (bicyclic) bond motifs is 2. The summed E-state index contributed by atoms with van der Waals surface area (Å²) in [5.41, 5.74) is 0.588. The van der Waals surface area contributed by atoms with E-state index in [1.54, 1.807) is 6.92 Å². The Hall–Kier alpha value is -2.86. The van der Waals surface area contributed by atoms with E-state index in [-0.39, 0.29) is 45.9 Å². The van der Waals surface area contributed by atoms with E-state index in [0.29, 0.717) is 5.56 Å². The summed E-state index contributed by atoms with van der Waals surface area (Å²) in [6.45, 7) is 1.98. The van der Waals surface area contributed by atoms with E-state index < -0.39 is 17.3 Å². The van der Waals surface area contributed by atoms with Crippen molar-refractivity contribution >= 4 is 11.6 Å². The first-order valence-corrected chi connectivity index (χ1v) is 7.52. The molecule has 6 heteroatoms. The molecule has 0 saturated carbocycles. The van der Waals surface area contributed by atoms with Crippen molar-refractivity contribution in [3.63, 3.8) is 0 Å². The van der Waals surface area contributed by atoms with Crippen LogP contribution < -0.4 is 4.90 Å². The van der Waals surface area contributed by atoms with Crippen LogP contribution in [-0.2, 0) is 6.54 Å². The first-order valence-electron chi connectivity index (χ1n) is 7.52. The lowest BCUT2D eigenvalue weighted by Gasteiger charge is -2.22. The molecule has 0 aliphatic heterocycles. The van der Waals surface area contributed by atoms with E-state index in [4.69, 9.17) is 0 Å². The van der Waals surface area contributed by atoms with Gasteiger partial charge in [-0.2, -0.15) is 0 Å². The lowest BCUT2D eigenvalue weighted by molar-refractivity contribution is -0.872. The van der Waals surface area contributed by atoms with Crippen LogP contribution in [0.3, 0.4) is 0 Å². The number of nitrogens with one attached hydrogen (secondary N) is 1. The molecule has 0 atom stereocenters. The highest BCUT2D eigenvalue weighted by Crippen LogP contribution is 2.41. The maximum atomic E-state index is 12.8. The Labute approximate surface area is 138 Å². The average Bonchev–Trinajstić information content (AvgIpc) is 2.47. The summed E-state index contributed by atoms with van der Waals surface area (Å²) in [6, 6.07) is 4.14. The first-order chi connectivity index (χ1) is 11.2. The molecule has 1 aliphatic rings. The zero-order valence-electron chi connectivity index (χ0n) is 13.6. The number of aromatic hydroxyl groups is 3. The van der Waals surface area contributed by atoms with Gasteiger partial charge in [-0.3, -0.25) is 9.59 Å². The Morgan fingerprint density at radius 2 is 1.50 bits per heavy atom. The number of benzene rings is 2. The van der Waals surface area contributed by atoms with Crippen molar-refractivity contribution in [3.8, 4) is 17.2 Å². The molecule has 0 bridgehead atoms. The molecule has 2 aromatic carbocycles. The topological polar surface area (TPSA) is 99.3 Å². The van der Waals surface area contributed by atoms with Gasteiger partial charge in [0.1, 0.15) is 23.8 Å². The van der Waals surface area contributed by atoms with Crippen LogP contribution in [0.4, 0.5) is 0 Å². The molecule has 2 aromatic rings. The molecule has 1 aliphatic carbocycles. The van der Waals surface area contributed by atoms with Crippen LogP contribution in [0, 0.1) is 6.92 Å². The van der Waals surface area contributed by atoms with E-state index in [9.17, 15) is 24.9 Å². The van der Waals surface area contributed by atoms with Gasteiger partial charge in [0.05, 0.1) is 30.8 Å². The van der Waals surface area contributed by atoms with Gasteiger partial charge in [-0.1, -0.05) is 0 Å². The van der Waals surface area contributed by atoms with E-state index in [1.165, 1.54) is 18.2 Å². The molecule has 0 heterocycles. The van der Waals surface area contributed by atoms with Crippen LogP contribution in [0.15, 0.2) is 18.2 Å². The monoisotopic (exact) mass is 328 g/mol. The zero-order chi connectivity index (χ0) is 17.8. The minimum absolute atomic E-state index is 0.0509. The standard InChI is InChI=1S/C18H17NO5/c1-8-4-9-14(13(21)5-8)18(24)15-10(16(9)22)6-12(20)11(17(15)23)7-19(2)3/h4-6,20-21,23H,7H2,1-3H3/p+1. The van der Waals surface area contributed by atoms with Gasteiger partial charge in [0.2, 0.25) is 5.78 Å². The maximum absolute atomic E-state index is 12.8. The number of ketones is 2. The molecule has 0 radical (unpaired) electrons. The average molecular weight is 328 g/mol. The molecule has 4 N–H and O–H groups in total. The summed E-state index contributed by atoms with van der Waals surface area (Å²) in [7, 11) is 3.66. The third kappa shape index (κ3) is 2.23. The fraction of sp³-hybridized carbons (Fsp3) is 0.222. The lowest BCUT2D eigenvalue weighted by atomic mass is 9.81. The highest BCUT2D eigenvalue weighted by molar-refractivity contribution is 6.30. The zero-order valence-corrected chi connectivity index (χ0v) is 13.6. The number of rotatable bonds is 2. The van der Waals surface area contributed by atoms with Crippen LogP contribution in [0.1, 0.15) is 43.0 Å². The molecule has 6 nitrogen and oxygen atoms in total. The van der Waals surface area contributed by atoms with Gasteiger partial charge < -0.3 is 20.2 Å². The predicted molar refractivity (Wildman–Crippen MR) is 86.0 cm³/mol. The summed E-state index contributed by atoms with van der Waals surface area (Å²) in [5.74, 6) is -2.05. The third-order valence-corrected chi connectivity index (χ3v) is 4.12. The molecular weight excluding hydrogens is 310 g/mol. The second-order valence-corrected chi connectivity index (χ2v) is 6.39. The SMILES string of the molecule is Cc1cc(O)c2c(c1)C(=O)c1cc(O)c(C[NH+](C)C)c(O)c1C2=O. The lowest BCUT2D eigenvalue weighted by Crippen LogP contribution is -3.04. The second kappa shape index (κ2) is 5.35. The summed E-state index contributed by atoms with van der Waals surface area (Å²) in [5, 5.41) is 30.8. The molecule has 0 unspecified atom stereocenters. The second-order valence-electron chi connectivity index (χ2n) is 6.39. The van der Waals surface area contributed by atoms with Gasteiger partial charge >= 0.3 is 0 Å². The van der Waals surface area contributed by atoms with Crippen molar-refractivity contribution in [1.29, 1.82) is 0 Å². The van der Waals surface area contributed by atoms with E-state index in [2.05, 4.69) is 0 Å². The number of carbonyl (C=O) groups excluding carboxylic acids is 2. The van der Waals surface area contributed by atoms with E-state index in [0.717, 1.165) is 4.90 Å². The number of aryl methyl sites for hydroxylation is 1. The third-order valence-electron chi connectivity index (χ3n) is 4.12. The van der Waals surface area contributed by atoms with Crippen molar-refractivity contribution < 1.29 is 29.8 Å². The van der Waals surface area contributed by atoms with Crippen molar-refractivity contribution in [2.45, 2.75) is 13.5 Å². The maximum Gasteiger partial charge on any atom is 0.201 e. The van der Waals surface area contributed by atoms with Crippen LogP contribution in [0.2, 0.25) is 0 Å². The predicted octanol–water partition coefficient (Wildman–Crippen LogP) is 0.532. The molecule has 0 spiro atoms. The fourth-order valence-corrected chi connectivity index (χ4v) is 3.09. The highest BCUT2D eigenvalue weighted by Gasteiger charge is 2.36. The van der Waals surface area contributed by atoms with Crippen LogP contribution in [0.5, 0.6) is 17.2 Å². The smallest absolute Gasteiger partial charge is 0.201 e. The molecular formula is C18H18NO5+. The largest absolute Gasteiger partial charge is 0.507 e. The fourth-order valence-electron chi connectivity index (χ4n) is 3.09. The summed E-state index contributed by atoms with van der Waals surface area (Å²) in [6.07, 6.45) is 0. The number of hydrogen-bond donors (Lipinski definition) is 4. The Balaban J connectivity index is 2.31. The molecule has 0 saturated heterocycles. The van der Waals surface area contributed by atoms with Crippen molar-refractivity contribution in [2.75, 3.05) is 14.1 Å². The minimum Gasteiger partial charge on any atom is -0.507 e. The van der Waals surface area contributed by atoms with Crippen LogP contribution in [-0.4, -0.2) is 41.0 Å². The van der Waals surface area contributed by atoms with E-state index in [1.807, 2.05) is 14.1 Å². The molecule has 0 aromatic heterocycles. The van der Waals surface area contributed by atoms with Crippen LogP contribution in [0.25, 0.3) is 0 Å². The van der Waals surface area contributed by atoms with Gasteiger partial charge in [0, 0.05) is 11.1 Å². The molecule has 0 amide bonds. The van der Waals surface area contributed by atoms with Gasteiger partial charge in [-0.25, -0.2) is 0 Å². The summed E-state index contributed by atoms with van der Waals surface area (Å²) < 4.78 is 0. The number of hydrogen-bond acceptors (Lipinski definition) is 5. The van der Waals surface area contributed by atoms with Gasteiger partial charge in [0.25, 0.3) is 0 Å². The van der Waals surface area contributed by atoms with Gasteiger partial charge in [-0.15, -0.1) is 0 Å². The Morgan fingerprint density at radius 3 is 2.12 bits per heavy atom. The highest BCUT2D eigenvalue weighted by atomic mass is 16.3. The quantitative estimate of drug-likeness (QED) is 0.550. The molecule has 3 rings (SSSR count). The minimum atomic E-state index is -0.621. The normalized spacial score (nSPS) is 13.2. The van der Waals surface area contributed by atoms with Crippen molar-refractivity contribution in [2.24, 2.45) is 0 Å². The van der Waals surface area contributed by atoms with Crippen molar-refractivity contribution in [3.05, 3.63) is 51.6 Å². The Morgan fingerprint density at radius 1 is 0.875 bits per heavy atom. The Bertz CT molecular complexity index is 899. The number of phenolic OH excluding ortho intramolecular Hbond substituents is 3. The van der Waals surface area contributed by atoms with Gasteiger partial charge in [0.15, 0.2) is 5.78 Å². The summed E-state index contributed by atoms with van der Waals surface area (Å²) in [4.78, 5) is 26.4. The van der Waals surface area contributed by atoms with Crippen molar-refractivity contribution in [1.82, 2.24) is 0 Å². The summed E-state index contributed by atoms with van der Waals surface area (Å²) >= 11 is 0. The molecule has 124 valence electrons. The Kier molecular flexibility index (Phi) is 3.57. The number of phenols is 3. The van der Waals surface area contributed by atoms with Gasteiger partial charge in [-0.05, 0) is 30.7 Å². The molecule has 24 heavy (non-hydrogen) atoms. The van der Waals surface area contributed by atoms with E-state index >= 15 is 0 Å². The van der Waals surface area contributed by atoms with Crippen LogP contribution >= 0.6 is 0 Å². The number of quaternary nitrogens is 1.